The summed E-state index contributed by atoms with van der Waals surface area (Å²) in [5.41, 5.74) is -0.0395. The van der Waals surface area contributed by atoms with Crippen LogP contribution < -0.4 is 0 Å². The maximum absolute atomic E-state index is 12.4. The Morgan fingerprint density at radius 2 is 1.77 bits per heavy atom. The number of ether oxygens (including phenoxy) is 1. The lowest BCUT2D eigenvalue weighted by Crippen LogP contribution is -2.46. The molecule has 0 bridgehead atoms. The molecule has 6 nitrogen and oxygen atoms in total. The first kappa shape index (κ1) is 14.5. The van der Waals surface area contributed by atoms with Crippen molar-refractivity contribution in [2.45, 2.75) is 16.2 Å². The third kappa shape index (κ3) is 2.67. The standard InChI is InChI=1S/C15H11NO5S/c17-13-11-3-1-2-4-12(11)21-15(18)14(13)22-10-7-5-9(6-8-10)16(19)20/h1-8,11-12,14H/t11-,12+,14+/m0/s1. The molecule has 0 aromatic heterocycles. The van der Waals surface area contributed by atoms with Crippen LogP contribution in [0.5, 0.6) is 0 Å². The second-order valence-electron chi connectivity index (χ2n) is 4.85. The number of benzene rings is 1. The molecule has 1 aromatic carbocycles. The summed E-state index contributed by atoms with van der Waals surface area (Å²) in [4.78, 5) is 35.2. The zero-order chi connectivity index (χ0) is 15.7. The molecule has 1 fully saturated rings. The molecule has 3 atom stereocenters. The number of non-ortho nitro benzene ring substituents is 1. The quantitative estimate of drug-likeness (QED) is 0.368. The average Bonchev–Trinajstić information content (AvgIpc) is 2.52. The molecule has 0 saturated carbocycles. The first-order valence-electron chi connectivity index (χ1n) is 6.56. The second-order valence-corrected chi connectivity index (χ2v) is 6.03. The number of Topliss-reactive ketones (excluding diaryl/α,β-unsaturated/α-hetero) is 1. The molecule has 1 aliphatic carbocycles. The molecule has 1 saturated heterocycles. The number of ketones is 1. The average molecular weight is 317 g/mol. The molecule has 3 rings (SSSR count). The van der Waals surface area contributed by atoms with E-state index in [1.165, 1.54) is 24.3 Å². The maximum atomic E-state index is 12.4. The van der Waals surface area contributed by atoms with E-state index in [0.29, 0.717) is 4.90 Å². The third-order valence-corrected chi connectivity index (χ3v) is 4.64. The smallest absolute Gasteiger partial charge is 0.327 e. The van der Waals surface area contributed by atoms with Gasteiger partial charge in [0.25, 0.3) is 5.69 Å². The molecule has 0 amide bonds. The van der Waals surface area contributed by atoms with Gasteiger partial charge in [0.05, 0.1) is 10.8 Å². The Morgan fingerprint density at radius 3 is 2.45 bits per heavy atom. The fourth-order valence-electron chi connectivity index (χ4n) is 2.33. The van der Waals surface area contributed by atoms with Crippen LogP contribution in [0.4, 0.5) is 5.69 Å². The van der Waals surface area contributed by atoms with Crippen LogP contribution in [-0.2, 0) is 14.3 Å². The Morgan fingerprint density at radius 1 is 1.09 bits per heavy atom. The van der Waals surface area contributed by atoms with E-state index in [1.807, 2.05) is 0 Å². The number of nitrogens with zero attached hydrogens (tertiary/aromatic N) is 1. The molecule has 7 heteroatoms. The van der Waals surface area contributed by atoms with Gasteiger partial charge in [-0.2, -0.15) is 0 Å². The van der Waals surface area contributed by atoms with Gasteiger partial charge in [-0.15, -0.1) is 11.8 Å². The summed E-state index contributed by atoms with van der Waals surface area (Å²) >= 11 is 1.05. The summed E-state index contributed by atoms with van der Waals surface area (Å²) in [6.45, 7) is 0. The van der Waals surface area contributed by atoms with Crippen molar-refractivity contribution in [1.29, 1.82) is 0 Å². The number of fused-ring (bicyclic) bond motifs is 1. The summed E-state index contributed by atoms with van der Waals surface area (Å²) in [7, 11) is 0. The monoisotopic (exact) mass is 317 g/mol. The molecule has 0 spiro atoms. The molecule has 22 heavy (non-hydrogen) atoms. The summed E-state index contributed by atoms with van der Waals surface area (Å²) in [5, 5.41) is 9.67. The third-order valence-electron chi connectivity index (χ3n) is 3.44. The van der Waals surface area contributed by atoms with Crippen LogP contribution >= 0.6 is 11.8 Å². The van der Waals surface area contributed by atoms with Crippen molar-refractivity contribution < 1.29 is 19.2 Å². The van der Waals surface area contributed by atoms with Gasteiger partial charge in [0.2, 0.25) is 0 Å². The largest absolute Gasteiger partial charge is 0.456 e. The number of allylic oxidation sites excluding steroid dienone is 2. The fourth-order valence-corrected chi connectivity index (χ4v) is 3.32. The Labute approximate surface area is 130 Å². The van der Waals surface area contributed by atoms with Crippen LogP contribution in [0.2, 0.25) is 0 Å². The minimum absolute atomic E-state index is 0.0395. The van der Waals surface area contributed by atoms with Crippen molar-refractivity contribution in [3.63, 3.8) is 0 Å². The van der Waals surface area contributed by atoms with Crippen molar-refractivity contribution in [3.05, 3.63) is 58.7 Å². The van der Waals surface area contributed by atoms with E-state index < -0.39 is 28.2 Å². The van der Waals surface area contributed by atoms with Crippen molar-refractivity contribution in [3.8, 4) is 0 Å². The van der Waals surface area contributed by atoms with Crippen LogP contribution in [-0.4, -0.2) is 28.0 Å². The lowest BCUT2D eigenvalue weighted by molar-refractivity contribution is -0.384. The molecule has 1 aromatic rings. The van der Waals surface area contributed by atoms with Crippen molar-refractivity contribution in [1.82, 2.24) is 0 Å². The molecule has 112 valence electrons. The van der Waals surface area contributed by atoms with E-state index in [4.69, 9.17) is 4.74 Å². The Kier molecular flexibility index (Phi) is 3.81. The van der Waals surface area contributed by atoms with Gasteiger partial charge in [0.1, 0.15) is 6.10 Å². The predicted octanol–water partition coefficient (Wildman–Crippen LogP) is 2.29. The Bertz CT molecular complexity index is 694. The van der Waals surface area contributed by atoms with Crippen molar-refractivity contribution in [2.24, 2.45) is 5.92 Å². The van der Waals surface area contributed by atoms with Gasteiger partial charge in [-0.05, 0) is 18.2 Å². The molecular weight excluding hydrogens is 306 g/mol. The minimum atomic E-state index is -0.946. The first-order chi connectivity index (χ1) is 10.6. The number of esters is 1. The normalized spacial score (nSPS) is 26.5. The van der Waals surface area contributed by atoms with Crippen molar-refractivity contribution in [2.75, 3.05) is 0 Å². The Hall–Kier alpha value is -2.41. The van der Waals surface area contributed by atoms with Crippen LogP contribution in [0.15, 0.2) is 53.5 Å². The lowest BCUT2D eigenvalue weighted by atomic mass is 9.89. The highest BCUT2D eigenvalue weighted by Gasteiger charge is 2.44. The predicted molar refractivity (Wildman–Crippen MR) is 79.4 cm³/mol. The summed E-state index contributed by atoms with van der Waals surface area (Å²) in [6, 6.07) is 5.72. The molecule has 0 N–H and O–H groups in total. The molecule has 0 radical (unpaired) electrons. The zero-order valence-electron chi connectivity index (χ0n) is 11.2. The fraction of sp³-hybridized carbons (Fsp3) is 0.200. The highest BCUT2D eigenvalue weighted by Crippen LogP contribution is 2.34. The first-order valence-corrected chi connectivity index (χ1v) is 7.44. The summed E-state index contributed by atoms with van der Waals surface area (Å²) in [6.07, 6.45) is 6.38. The number of nitro groups is 1. The molecular formula is C15H11NO5S. The number of rotatable bonds is 3. The number of hydrogen-bond acceptors (Lipinski definition) is 6. The number of carbonyl (C=O) groups is 2. The second kappa shape index (κ2) is 5.76. The van der Waals surface area contributed by atoms with E-state index in [1.54, 1.807) is 24.3 Å². The molecule has 1 heterocycles. The van der Waals surface area contributed by atoms with E-state index >= 15 is 0 Å². The number of hydrogen-bond donors (Lipinski definition) is 0. The Balaban J connectivity index is 1.78. The zero-order valence-corrected chi connectivity index (χ0v) is 12.1. The van der Waals surface area contributed by atoms with E-state index in [-0.39, 0.29) is 11.5 Å². The number of carbonyl (C=O) groups excluding carboxylic acids is 2. The molecule has 0 unspecified atom stereocenters. The van der Waals surface area contributed by atoms with Gasteiger partial charge >= 0.3 is 5.97 Å². The van der Waals surface area contributed by atoms with Crippen LogP contribution in [0.25, 0.3) is 0 Å². The van der Waals surface area contributed by atoms with Crippen LogP contribution in [0, 0.1) is 16.0 Å². The van der Waals surface area contributed by atoms with E-state index in [0.717, 1.165) is 11.8 Å². The van der Waals surface area contributed by atoms with Gasteiger partial charge in [-0.25, -0.2) is 0 Å². The summed E-state index contributed by atoms with van der Waals surface area (Å²) in [5.74, 6) is -1.24. The van der Waals surface area contributed by atoms with Crippen LogP contribution in [0.3, 0.4) is 0 Å². The van der Waals surface area contributed by atoms with Crippen LogP contribution in [0.1, 0.15) is 0 Å². The highest BCUT2D eigenvalue weighted by atomic mass is 32.2. The van der Waals surface area contributed by atoms with Gasteiger partial charge in [-0.3, -0.25) is 19.7 Å². The van der Waals surface area contributed by atoms with Gasteiger partial charge in [0, 0.05) is 17.0 Å². The SMILES string of the molecule is O=C1O[C@@H]2C=CC=C[C@@H]2C(=O)[C@H]1Sc1ccc([N+](=O)[O-])cc1. The van der Waals surface area contributed by atoms with E-state index in [9.17, 15) is 19.7 Å². The molecule has 1 aliphatic heterocycles. The van der Waals surface area contributed by atoms with E-state index in [2.05, 4.69) is 0 Å². The number of thioether (sulfide) groups is 1. The van der Waals surface area contributed by atoms with Crippen molar-refractivity contribution >= 4 is 29.2 Å². The topological polar surface area (TPSA) is 86.5 Å². The number of nitro benzene ring substituents is 1. The maximum Gasteiger partial charge on any atom is 0.327 e. The molecule has 2 aliphatic rings. The van der Waals surface area contributed by atoms with Gasteiger partial charge in [-0.1, -0.05) is 18.2 Å². The summed E-state index contributed by atoms with van der Waals surface area (Å²) < 4.78 is 5.28. The van der Waals surface area contributed by atoms with Gasteiger partial charge < -0.3 is 4.74 Å². The lowest BCUT2D eigenvalue weighted by Gasteiger charge is -2.31. The van der Waals surface area contributed by atoms with Gasteiger partial charge in [0.15, 0.2) is 11.0 Å². The highest BCUT2D eigenvalue weighted by molar-refractivity contribution is 8.01. The minimum Gasteiger partial charge on any atom is -0.456 e.